The van der Waals surface area contributed by atoms with Gasteiger partial charge in [0, 0.05) is 24.8 Å². The Morgan fingerprint density at radius 3 is 2.83 bits per heavy atom. The summed E-state index contributed by atoms with van der Waals surface area (Å²) in [7, 11) is 0. The van der Waals surface area contributed by atoms with Gasteiger partial charge in [-0.3, -0.25) is 4.90 Å². The zero-order chi connectivity index (χ0) is 12.5. The van der Waals surface area contributed by atoms with Crippen molar-refractivity contribution in [1.82, 2.24) is 4.90 Å². The minimum Gasteiger partial charge on any atom is -0.398 e. The van der Waals surface area contributed by atoms with Crippen molar-refractivity contribution >= 4 is 5.69 Å². The number of hydrogen-bond acceptors (Lipinski definition) is 2. The second kappa shape index (κ2) is 4.93. The summed E-state index contributed by atoms with van der Waals surface area (Å²) in [5.41, 5.74) is 9.90. The summed E-state index contributed by atoms with van der Waals surface area (Å²) in [4.78, 5) is 2.66. The van der Waals surface area contributed by atoms with E-state index >= 15 is 0 Å². The van der Waals surface area contributed by atoms with Crippen LogP contribution in [0.15, 0.2) is 18.2 Å². The molecule has 2 nitrogen and oxygen atoms in total. The van der Waals surface area contributed by atoms with Crippen LogP contribution >= 0.6 is 0 Å². The van der Waals surface area contributed by atoms with Crippen LogP contribution in [0.2, 0.25) is 0 Å². The monoisotopic (exact) mass is 244 g/mol. The molecule has 1 fully saturated rings. The van der Waals surface area contributed by atoms with Crippen molar-refractivity contribution in [3.05, 3.63) is 29.3 Å². The van der Waals surface area contributed by atoms with Gasteiger partial charge in [-0.05, 0) is 49.3 Å². The first-order valence-corrected chi connectivity index (χ1v) is 7.36. The lowest BCUT2D eigenvalue weighted by molar-refractivity contribution is 0.141. The molecule has 1 aliphatic heterocycles. The Labute approximate surface area is 110 Å². The molecule has 1 atom stereocenters. The molecular formula is C16H24N2. The van der Waals surface area contributed by atoms with E-state index in [0.29, 0.717) is 0 Å². The predicted octanol–water partition coefficient (Wildman–Crippen LogP) is 3.21. The summed E-state index contributed by atoms with van der Waals surface area (Å²) in [6.07, 6.45) is 6.86. The Kier molecular flexibility index (Phi) is 3.29. The number of benzene rings is 1. The first-order valence-electron chi connectivity index (χ1n) is 7.36. The molecule has 0 radical (unpaired) electrons. The smallest absolute Gasteiger partial charge is 0.0350 e. The van der Waals surface area contributed by atoms with Crippen LogP contribution in [0.1, 0.15) is 43.7 Å². The highest BCUT2D eigenvalue weighted by molar-refractivity contribution is 5.51. The van der Waals surface area contributed by atoms with Gasteiger partial charge in [0.25, 0.3) is 0 Å². The molecule has 2 heteroatoms. The van der Waals surface area contributed by atoms with E-state index in [1.165, 1.54) is 43.4 Å². The zero-order valence-corrected chi connectivity index (χ0v) is 11.4. The minimum atomic E-state index is 0.738. The summed E-state index contributed by atoms with van der Waals surface area (Å²) in [5, 5.41) is 0. The van der Waals surface area contributed by atoms with Crippen molar-refractivity contribution in [2.45, 2.75) is 51.6 Å². The molecule has 0 aromatic heterocycles. The summed E-state index contributed by atoms with van der Waals surface area (Å²) in [5.74, 6) is 0.924. The maximum atomic E-state index is 6.07. The first kappa shape index (κ1) is 12.0. The van der Waals surface area contributed by atoms with Gasteiger partial charge in [0.05, 0.1) is 0 Å². The molecule has 18 heavy (non-hydrogen) atoms. The Bertz CT molecular complexity index is 421. The highest BCUT2D eigenvalue weighted by atomic mass is 15.2. The van der Waals surface area contributed by atoms with E-state index in [1.54, 1.807) is 0 Å². The number of nitrogens with zero attached hydrogens (tertiary/aromatic N) is 1. The SMILES string of the molecule is CC(C1CCCC1)N1CCc2c(N)cccc2C1. The maximum absolute atomic E-state index is 6.07. The van der Waals surface area contributed by atoms with Crippen LogP contribution in [-0.4, -0.2) is 17.5 Å². The topological polar surface area (TPSA) is 29.3 Å². The van der Waals surface area contributed by atoms with Gasteiger partial charge < -0.3 is 5.73 Å². The molecular weight excluding hydrogens is 220 g/mol. The second-order valence-electron chi connectivity index (χ2n) is 5.99. The normalized spacial score (nSPS) is 22.9. The van der Waals surface area contributed by atoms with Crippen LogP contribution in [0.4, 0.5) is 5.69 Å². The molecule has 0 spiro atoms. The number of hydrogen-bond donors (Lipinski definition) is 1. The van der Waals surface area contributed by atoms with Crippen LogP contribution < -0.4 is 5.73 Å². The van der Waals surface area contributed by atoms with Crippen LogP contribution in [0, 0.1) is 5.92 Å². The van der Waals surface area contributed by atoms with Crippen LogP contribution in [-0.2, 0) is 13.0 Å². The fourth-order valence-corrected chi connectivity index (χ4v) is 3.75. The van der Waals surface area contributed by atoms with Gasteiger partial charge in [0.2, 0.25) is 0 Å². The lowest BCUT2D eigenvalue weighted by atomic mass is 9.93. The Morgan fingerprint density at radius 2 is 2.06 bits per heavy atom. The van der Waals surface area contributed by atoms with E-state index in [9.17, 15) is 0 Å². The Balaban J connectivity index is 1.74. The van der Waals surface area contributed by atoms with Gasteiger partial charge in [-0.1, -0.05) is 25.0 Å². The lowest BCUT2D eigenvalue weighted by Gasteiger charge is -2.37. The summed E-state index contributed by atoms with van der Waals surface area (Å²) in [6.45, 7) is 4.70. The van der Waals surface area contributed by atoms with Gasteiger partial charge in [0.1, 0.15) is 0 Å². The van der Waals surface area contributed by atoms with Gasteiger partial charge in [-0.15, -0.1) is 0 Å². The van der Waals surface area contributed by atoms with Crippen LogP contribution in [0.3, 0.4) is 0 Å². The number of nitrogen functional groups attached to an aromatic ring is 1. The third kappa shape index (κ3) is 2.14. The largest absolute Gasteiger partial charge is 0.398 e. The van der Waals surface area contributed by atoms with E-state index in [-0.39, 0.29) is 0 Å². The average molecular weight is 244 g/mol. The van der Waals surface area contributed by atoms with Crippen molar-refractivity contribution in [3.8, 4) is 0 Å². The van der Waals surface area contributed by atoms with Gasteiger partial charge in [-0.25, -0.2) is 0 Å². The van der Waals surface area contributed by atoms with Gasteiger partial charge >= 0.3 is 0 Å². The fourth-order valence-electron chi connectivity index (χ4n) is 3.75. The third-order valence-electron chi connectivity index (χ3n) is 4.99. The average Bonchev–Trinajstić information content (AvgIpc) is 2.91. The Morgan fingerprint density at radius 1 is 1.28 bits per heavy atom. The second-order valence-corrected chi connectivity index (χ2v) is 5.99. The quantitative estimate of drug-likeness (QED) is 0.809. The number of anilines is 1. The molecule has 2 aliphatic rings. The fraction of sp³-hybridized carbons (Fsp3) is 0.625. The van der Waals surface area contributed by atoms with Crippen molar-refractivity contribution in [2.24, 2.45) is 5.92 Å². The molecule has 1 heterocycles. The molecule has 1 aromatic rings. The van der Waals surface area contributed by atoms with E-state index in [2.05, 4.69) is 24.0 Å². The number of rotatable bonds is 2. The van der Waals surface area contributed by atoms with E-state index in [0.717, 1.165) is 30.6 Å². The molecule has 1 aromatic carbocycles. The molecule has 1 aliphatic carbocycles. The summed E-state index contributed by atoms with van der Waals surface area (Å²) < 4.78 is 0. The van der Waals surface area contributed by atoms with Gasteiger partial charge in [0.15, 0.2) is 0 Å². The predicted molar refractivity (Wildman–Crippen MR) is 76.4 cm³/mol. The van der Waals surface area contributed by atoms with Crippen molar-refractivity contribution in [3.63, 3.8) is 0 Å². The molecule has 0 bridgehead atoms. The van der Waals surface area contributed by atoms with E-state index < -0.39 is 0 Å². The molecule has 2 N–H and O–H groups in total. The van der Waals surface area contributed by atoms with Crippen LogP contribution in [0.5, 0.6) is 0 Å². The van der Waals surface area contributed by atoms with Crippen LogP contribution in [0.25, 0.3) is 0 Å². The molecule has 98 valence electrons. The summed E-state index contributed by atoms with van der Waals surface area (Å²) >= 11 is 0. The minimum absolute atomic E-state index is 0.738. The number of nitrogens with two attached hydrogens (primary N) is 1. The number of fused-ring (bicyclic) bond motifs is 1. The molecule has 1 saturated carbocycles. The van der Waals surface area contributed by atoms with Crippen molar-refractivity contribution in [2.75, 3.05) is 12.3 Å². The molecule has 0 saturated heterocycles. The Hall–Kier alpha value is -1.02. The van der Waals surface area contributed by atoms with E-state index in [1.807, 2.05) is 6.07 Å². The molecule has 3 rings (SSSR count). The molecule has 0 amide bonds. The lowest BCUT2D eigenvalue weighted by Crippen LogP contribution is -2.41. The maximum Gasteiger partial charge on any atom is 0.0350 e. The standard InChI is InChI=1S/C16H24N2/c1-12(13-5-2-3-6-13)18-10-9-15-14(11-18)7-4-8-16(15)17/h4,7-8,12-13H,2-3,5-6,9-11,17H2,1H3. The van der Waals surface area contributed by atoms with Crippen molar-refractivity contribution < 1.29 is 0 Å². The zero-order valence-electron chi connectivity index (χ0n) is 11.4. The molecule has 1 unspecified atom stereocenters. The third-order valence-corrected chi connectivity index (χ3v) is 4.99. The highest BCUT2D eigenvalue weighted by Gasteiger charge is 2.28. The van der Waals surface area contributed by atoms with Gasteiger partial charge in [-0.2, -0.15) is 0 Å². The summed E-state index contributed by atoms with van der Waals surface area (Å²) in [6, 6.07) is 7.12. The highest BCUT2D eigenvalue weighted by Crippen LogP contribution is 2.33. The first-order chi connectivity index (χ1) is 8.75. The van der Waals surface area contributed by atoms with E-state index in [4.69, 9.17) is 5.73 Å². The van der Waals surface area contributed by atoms with Crippen molar-refractivity contribution in [1.29, 1.82) is 0 Å².